The van der Waals surface area contributed by atoms with E-state index in [1.54, 1.807) is 11.1 Å². The molecule has 142 valence electrons. The van der Waals surface area contributed by atoms with Gasteiger partial charge in [0.25, 0.3) is 0 Å². The molecule has 2 amide bonds. The Morgan fingerprint density at radius 2 is 1.78 bits per heavy atom. The number of benzene rings is 1. The number of carbonyl (C=O) groups is 2. The third kappa shape index (κ3) is 4.18. The molecule has 1 aromatic heterocycles. The molecule has 2 aromatic rings. The molecular weight excluding hydrogens is 338 g/mol. The quantitative estimate of drug-likeness (QED) is 0.902. The second kappa shape index (κ2) is 7.91. The molecule has 1 N–H and O–H groups in total. The minimum Gasteiger partial charge on any atom is -0.349 e. The summed E-state index contributed by atoms with van der Waals surface area (Å²) in [5.74, 6) is -0.0940. The second-order valence-corrected chi connectivity index (χ2v) is 7.55. The monoisotopic (exact) mass is 365 g/mol. The van der Waals surface area contributed by atoms with E-state index in [1.165, 1.54) is 12.5 Å². The zero-order valence-electron chi connectivity index (χ0n) is 16.4. The van der Waals surface area contributed by atoms with Gasteiger partial charge in [-0.25, -0.2) is 0 Å². The number of aromatic nitrogens is 1. The van der Waals surface area contributed by atoms with Crippen molar-refractivity contribution in [2.45, 2.75) is 52.1 Å². The number of nitrogens with zero attached hydrogens (tertiary/aromatic N) is 2. The van der Waals surface area contributed by atoms with Gasteiger partial charge in [-0.15, -0.1) is 0 Å². The normalized spacial score (nSPS) is 17.4. The first-order valence-electron chi connectivity index (χ1n) is 9.46. The van der Waals surface area contributed by atoms with Gasteiger partial charge < -0.3 is 10.2 Å². The molecular formula is C22H27N3O2. The summed E-state index contributed by atoms with van der Waals surface area (Å²) < 4.78 is 0. The number of rotatable bonds is 4. The fourth-order valence-electron chi connectivity index (χ4n) is 3.49. The molecule has 5 nitrogen and oxygen atoms in total. The first-order valence-corrected chi connectivity index (χ1v) is 9.46. The van der Waals surface area contributed by atoms with Crippen molar-refractivity contribution in [3.63, 3.8) is 0 Å². The maximum absolute atomic E-state index is 13.0. The molecule has 1 aromatic carbocycles. The van der Waals surface area contributed by atoms with Crippen LogP contribution in [0.5, 0.6) is 0 Å². The van der Waals surface area contributed by atoms with Crippen LogP contribution >= 0.6 is 0 Å². The van der Waals surface area contributed by atoms with Gasteiger partial charge in [0.2, 0.25) is 11.8 Å². The van der Waals surface area contributed by atoms with Gasteiger partial charge >= 0.3 is 0 Å². The highest BCUT2D eigenvalue weighted by atomic mass is 16.2. The third-order valence-electron chi connectivity index (χ3n) is 5.24. The summed E-state index contributed by atoms with van der Waals surface area (Å²) in [5.41, 5.74) is 4.05. The van der Waals surface area contributed by atoms with Crippen molar-refractivity contribution in [2.24, 2.45) is 0 Å². The summed E-state index contributed by atoms with van der Waals surface area (Å²) >= 11 is 0. The van der Waals surface area contributed by atoms with Crippen LogP contribution in [0.2, 0.25) is 0 Å². The Kier molecular flexibility index (Phi) is 5.59. The number of hydrogen-bond acceptors (Lipinski definition) is 3. The number of amides is 2. The van der Waals surface area contributed by atoms with Crippen molar-refractivity contribution in [1.82, 2.24) is 15.2 Å². The Labute approximate surface area is 160 Å². The van der Waals surface area contributed by atoms with Crippen molar-refractivity contribution in [3.8, 4) is 0 Å². The molecule has 2 unspecified atom stereocenters. The van der Waals surface area contributed by atoms with E-state index in [4.69, 9.17) is 0 Å². The summed E-state index contributed by atoms with van der Waals surface area (Å²) in [6, 6.07) is 12.0. The lowest BCUT2D eigenvalue weighted by Gasteiger charge is -2.33. The largest absolute Gasteiger partial charge is 0.349 e. The number of pyridine rings is 1. The zero-order valence-corrected chi connectivity index (χ0v) is 16.4. The number of carbonyl (C=O) groups excluding carboxylic acids is 2. The average molecular weight is 365 g/mol. The maximum atomic E-state index is 13.0. The van der Waals surface area contributed by atoms with E-state index in [9.17, 15) is 9.59 Å². The van der Waals surface area contributed by atoms with E-state index in [0.29, 0.717) is 19.0 Å². The number of fused-ring (bicyclic) bond motifs is 1. The van der Waals surface area contributed by atoms with Crippen LogP contribution in [0.3, 0.4) is 0 Å². The molecule has 0 aliphatic carbocycles. The van der Waals surface area contributed by atoms with Gasteiger partial charge in [0, 0.05) is 26.2 Å². The van der Waals surface area contributed by atoms with Crippen molar-refractivity contribution >= 4 is 11.8 Å². The molecule has 0 saturated carbocycles. The Hall–Kier alpha value is -2.69. The smallest absolute Gasteiger partial charge is 0.231 e. The molecule has 0 radical (unpaired) electrons. The van der Waals surface area contributed by atoms with E-state index >= 15 is 0 Å². The van der Waals surface area contributed by atoms with E-state index in [-0.39, 0.29) is 17.9 Å². The number of nitrogens with one attached hydrogen (secondary N) is 1. The lowest BCUT2D eigenvalue weighted by Crippen LogP contribution is -2.44. The SMILES string of the molecule is CC(=O)N1Cc2cccnc2C(C(=O)NC(C)c2ccc(C(C)C)cc2)C1. The summed E-state index contributed by atoms with van der Waals surface area (Å²) in [6.45, 7) is 8.71. The molecule has 1 aliphatic rings. The zero-order chi connectivity index (χ0) is 19.6. The molecule has 2 heterocycles. The fourth-order valence-corrected chi connectivity index (χ4v) is 3.49. The standard InChI is InChI=1S/C22H27N3O2/c1-14(2)17-7-9-18(10-8-17)15(3)24-22(27)20-13-25(16(4)26)12-19-6-5-11-23-21(19)20/h5-11,14-15,20H,12-13H2,1-4H3,(H,24,27). The first kappa shape index (κ1) is 19.1. The summed E-state index contributed by atoms with van der Waals surface area (Å²) in [6.07, 6.45) is 1.70. The minimum absolute atomic E-state index is 0.0281. The van der Waals surface area contributed by atoms with E-state index in [1.807, 2.05) is 19.1 Å². The van der Waals surface area contributed by atoms with Crippen LogP contribution < -0.4 is 5.32 Å². The molecule has 0 saturated heterocycles. The van der Waals surface area contributed by atoms with E-state index in [2.05, 4.69) is 48.4 Å². The molecule has 1 aliphatic heterocycles. The second-order valence-electron chi connectivity index (χ2n) is 7.55. The van der Waals surface area contributed by atoms with Crippen LogP contribution in [0.4, 0.5) is 0 Å². The summed E-state index contributed by atoms with van der Waals surface area (Å²) in [5, 5.41) is 3.10. The molecule has 5 heteroatoms. The van der Waals surface area contributed by atoms with Crippen LogP contribution in [0.25, 0.3) is 0 Å². The van der Waals surface area contributed by atoms with Gasteiger partial charge in [-0.3, -0.25) is 14.6 Å². The molecule has 0 fully saturated rings. The van der Waals surface area contributed by atoms with Gasteiger partial charge in [-0.05, 0) is 35.6 Å². The lowest BCUT2D eigenvalue weighted by atomic mass is 9.93. The van der Waals surface area contributed by atoms with Crippen molar-refractivity contribution in [1.29, 1.82) is 0 Å². The van der Waals surface area contributed by atoms with Gasteiger partial charge in [0.1, 0.15) is 0 Å². The topological polar surface area (TPSA) is 62.3 Å². The summed E-state index contributed by atoms with van der Waals surface area (Å²) in [7, 11) is 0. The van der Waals surface area contributed by atoms with Crippen LogP contribution in [-0.4, -0.2) is 28.2 Å². The predicted molar refractivity (Wildman–Crippen MR) is 105 cm³/mol. The third-order valence-corrected chi connectivity index (χ3v) is 5.24. The van der Waals surface area contributed by atoms with E-state index in [0.717, 1.165) is 16.8 Å². The molecule has 3 rings (SSSR count). The highest BCUT2D eigenvalue weighted by Gasteiger charge is 2.33. The highest BCUT2D eigenvalue weighted by Crippen LogP contribution is 2.28. The van der Waals surface area contributed by atoms with Gasteiger partial charge in [-0.2, -0.15) is 0 Å². The van der Waals surface area contributed by atoms with Gasteiger partial charge in [-0.1, -0.05) is 44.2 Å². The van der Waals surface area contributed by atoms with Crippen molar-refractivity contribution in [2.75, 3.05) is 6.54 Å². The average Bonchev–Trinajstić information content (AvgIpc) is 2.66. The van der Waals surface area contributed by atoms with Crippen LogP contribution in [0.15, 0.2) is 42.6 Å². The van der Waals surface area contributed by atoms with Crippen molar-refractivity contribution < 1.29 is 9.59 Å². The van der Waals surface area contributed by atoms with Gasteiger partial charge in [0.05, 0.1) is 17.7 Å². The van der Waals surface area contributed by atoms with Crippen LogP contribution in [0.1, 0.15) is 68.0 Å². The van der Waals surface area contributed by atoms with Crippen LogP contribution in [-0.2, 0) is 16.1 Å². The Morgan fingerprint density at radius 3 is 2.41 bits per heavy atom. The maximum Gasteiger partial charge on any atom is 0.231 e. The van der Waals surface area contributed by atoms with Gasteiger partial charge in [0.15, 0.2) is 0 Å². The molecule has 27 heavy (non-hydrogen) atoms. The molecule has 2 atom stereocenters. The highest BCUT2D eigenvalue weighted by molar-refractivity contribution is 5.85. The number of hydrogen-bond donors (Lipinski definition) is 1. The first-order chi connectivity index (χ1) is 12.9. The lowest BCUT2D eigenvalue weighted by molar-refractivity contribution is -0.131. The summed E-state index contributed by atoms with van der Waals surface area (Å²) in [4.78, 5) is 31.0. The van der Waals surface area contributed by atoms with E-state index < -0.39 is 5.92 Å². The minimum atomic E-state index is -0.448. The Bertz CT molecular complexity index is 830. The Morgan fingerprint density at radius 1 is 1.11 bits per heavy atom. The van der Waals surface area contributed by atoms with Crippen LogP contribution in [0, 0.1) is 0 Å². The van der Waals surface area contributed by atoms with Crippen molar-refractivity contribution in [3.05, 3.63) is 65.0 Å². The Balaban J connectivity index is 1.77. The predicted octanol–water partition coefficient (Wildman–Crippen LogP) is 3.53. The molecule has 0 spiro atoms. The fraction of sp³-hybridized carbons (Fsp3) is 0.409. The molecule has 0 bridgehead atoms.